The summed E-state index contributed by atoms with van der Waals surface area (Å²) in [5, 5.41) is 11.4. The van der Waals surface area contributed by atoms with Crippen molar-refractivity contribution < 1.29 is 9.59 Å². The Morgan fingerprint density at radius 1 is 1.03 bits per heavy atom. The minimum atomic E-state index is -0.196. The molecule has 0 saturated heterocycles. The van der Waals surface area contributed by atoms with Crippen LogP contribution in [0.4, 0.5) is 5.69 Å². The molecule has 158 valence electrons. The zero-order chi connectivity index (χ0) is 21.8. The summed E-state index contributed by atoms with van der Waals surface area (Å²) in [6.07, 6.45) is 0.870. The molecule has 2 heterocycles. The predicted molar refractivity (Wildman–Crippen MR) is 125 cm³/mol. The van der Waals surface area contributed by atoms with Crippen LogP contribution in [0.15, 0.2) is 60.7 Å². The summed E-state index contributed by atoms with van der Waals surface area (Å²) in [4.78, 5) is 26.7. The Hall–Kier alpha value is -3.45. The Kier molecular flexibility index (Phi) is 6.13. The fourth-order valence-corrected chi connectivity index (χ4v) is 4.42. The maximum Gasteiger partial charge on any atom is 0.265 e. The van der Waals surface area contributed by atoms with Crippen molar-refractivity contribution in [1.82, 2.24) is 15.1 Å². The molecule has 0 fully saturated rings. The van der Waals surface area contributed by atoms with E-state index in [2.05, 4.69) is 27.9 Å². The maximum absolute atomic E-state index is 12.9. The lowest BCUT2D eigenvalue weighted by molar-refractivity contribution is 0.0952. The van der Waals surface area contributed by atoms with E-state index < -0.39 is 0 Å². The molecule has 0 spiro atoms. The molecule has 2 aromatic heterocycles. The molecule has 0 unspecified atom stereocenters. The highest BCUT2D eigenvalue weighted by Crippen LogP contribution is 2.29. The summed E-state index contributed by atoms with van der Waals surface area (Å²) in [6.45, 7) is 5.23. The van der Waals surface area contributed by atoms with Crippen LogP contribution < -0.4 is 10.6 Å². The molecule has 0 bridgehead atoms. The minimum absolute atomic E-state index is 0.142. The van der Waals surface area contributed by atoms with E-state index in [0.29, 0.717) is 29.2 Å². The number of nitrogens with one attached hydrogen (secondary N) is 2. The van der Waals surface area contributed by atoms with Gasteiger partial charge in [0.25, 0.3) is 11.8 Å². The van der Waals surface area contributed by atoms with Gasteiger partial charge in [-0.2, -0.15) is 5.10 Å². The van der Waals surface area contributed by atoms with Gasteiger partial charge in [0.05, 0.1) is 17.1 Å². The Morgan fingerprint density at radius 2 is 1.84 bits per heavy atom. The van der Waals surface area contributed by atoms with Gasteiger partial charge in [-0.3, -0.25) is 14.3 Å². The number of thiophene rings is 1. The van der Waals surface area contributed by atoms with E-state index in [0.717, 1.165) is 27.9 Å². The number of nitrogens with zero attached hydrogens (tertiary/aromatic N) is 2. The quantitative estimate of drug-likeness (QED) is 0.438. The van der Waals surface area contributed by atoms with E-state index in [4.69, 9.17) is 0 Å². The molecule has 31 heavy (non-hydrogen) atoms. The van der Waals surface area contributed by atoms with Gasteiger partial charge in [-0.15, -0.1) is 11.3 Å². The molecule has 0 saturated carbocycles. The molecule has 0 aliphatic carbocycles. The van der Waals surface area contributed by atoms with E-state index in [1.165, 1.54) is 11.3 Å². The topological polar surface area (TPSA) is 76.0 Å². The Balaban J connectivity index is 1.53. The second-order valence-electron chi connectivity index (χ2n) is 7.35. The van der Waals surface area contributed by atoms with E-state index in [1.54, 1.807) is 24.3 Å². The summed E-state index contributed by atoms with van der Waals surface area (Å²) in [5.41, 5.74) is 3.17. The molecule has 4 rings (SSSR count). The largest absolute Gasteiger partial charge is 0.352 e. The summed E-state index contributed by atoms with van der Waals surface area (Å²) in [6, 6.07) is 19.0. The third kappa shape index (κ3) is 4.67. The van der Waals surface area contributed by atoms with E-state index in [1.807, 2.05) is 42.8 Å². The van der Waals surface area contributed by atoms with Crippen LogP contribution in [0, 0.1) is 6.92 Å². The lowest BCUT2D eigenvalue weighted by Crippen LogP contribution is -2.24. The van der Waals surface area contributed by atoms with Crippen molar-refractivity contribution in [3.8, 4) is 0 Å². The first-order valence-corrected chi connectivity index (χ1v) is 11.1. The molecule has 0 aliphatic rings. The van der Waals surface area contributed by atoms with Gasteiger partial charge in [-0.05, 0) is 43.2 Å². The van der Waals surface area contributed by atoms with Crippen molar-refractivity contribution in [2.75, 3.05) is 11.9 Å². The molecule has 2 aromatic carbocycles. The van der Waals surface area contributed by atoms with Crippen LogP contribution in [-0.4, -0.2) is 28.1 Å². The van der Waals surface area contributed by atoms with Crippen molar-refractivity contribution >= 4 is 39.1 Å². The maximum atomic E-state index is 12.9. The summed E-state index contributed by atoms with van der Waals surface area (Å²) >= 11 is 1.42. The molecule has 0 radical (unpaired) electrons. The van der Waals surface area contributed by atoms with Crippen molar-refractivity contribution in [3.05, 3.63) is 82.4 Å². The Morgan fingerprint density at radius 3 is 2.61 bits per heavy atom. The van der Waals surface area contributed by atoms with Crippen LogP contribution >= 0.6 is 11.3 Å². The van der Waals surface area contributed by atoms with Gasteiger partial charge in [0.15, 0.2) is 0 Å². The monoisotopic (exact) mass is 432 g/mol. The standard InChI is InChI=1S/C24H24N4O2S/c1-3-12-25-22(29)18-10-7-11-19(13-18)26-23(30)21-14-20-16(2)27-28(24(20)31-21)15-17-8-5-4-6-9-17/h4-11,13-14H,3,12,15H2,1-2H3,(H,25,29)(H,26,30). The number of aryl methyl sites for hydroxylation is 1. The molecule has 6 nitrogen and oxygen atoms in total. The third-order valence-electron chi connectivity index (χ3n) is 4.92. The smallest absolute Gasteiger partial charge is 0.265 e. The lowest BCUT2D eigenvalue weighted by atomic mass is 10.2. The molecule has 2 amide bonds. The van der Waals surface area contributed by atoms with Crippen molar-refractivity contribution in [1.29, 1.82) is 0 Å². The zero-order valence-electron chi connectivity index (χ0n) is 17.5. The highest BCUT2D eigenvalue weighted by atomic mass is 32.1. The van der Waals surface area contributed by atoms with Crippen LogP contribution in [-0.2, 0) is 6.54 Å². The van der Waals surface area contributed by atoms with Crippen molar-refractivity contribution in [2.45, 2.75) is 26.8 Å². The van der Waals surface area contributed by atoms with Gasteiger partial charge >= 0.3 is 0 Å². The van der Waals surface area contributed by atoms with Gasteiger partial charge in [-0.1, -0.05) is 43.3 Å². The van der Waals surface area contributed by atoms with E-state index in [-0.39, 0.29) is 11.8 Å². The second kappa shape index (κ2) is 9.14. The number of anilines is 1. The van der Waals surface area contributed by atoms with Crippen LogP contribution in [0.2, 0.25) is 0 Å². The number of aromatic nitrogens is 2. The fourth-order valence-electron chi connectivity index (χ4n) is 3.36. The predicted octanol–water partition coefficient (Wildman–Crippen LogP) is 4.85. The first kappa shape index (κ1) is 20.8. The zero-order valence-corrected chi connectivity index (χ0v) is 18.3. The molecular weight excluding hydrogens is 408 g/mol. The number of fused-ring (bicyclic) bond motifs is 1. The summed E-state index contributed by atoms with van der Waals surface area (Å²) in [7, 11) is 0. The van der Waals surface area contributed by atoms with Crippen LogP contribution in [0.3, 0.4) is 0 Å². The number of carbonyl (C=O) groups is 2. The molecule has 2 N–H and O–H groups in total. The van der Waals surface area contributed by atoms with Gasteiger partial charge in [-0.25, -0.2) is 0 Å². The van der Waals surface area contributed by atoms with Gasteiger partial charge in [0.2, 0.25) is 0 Å². The molecule has 0 atom stereocenters. The van der Waals surface area contributed by atoms with Gasteiger partial charge < -0.3 is 10.6 Å². The number of hydrogen-bond donors (Lipinski definition) is 2. The van der Waals surface area contributed by atoms with Gasteiger partial charge in [0.1, 0.15) is 4.83 Å². The van der Waals surface area contributed by atoms with E-state index in [9.17, 15) is 9.59 Å². The summed E-state index contributed by atoms with van der Waals surface area (Å²) < 4.78 is 1.94. The van der Waals surface area contributed by atoms with Gasteiger partial charge in [0, 0.05) is 23.2 Å². The molecule has 4 aromatic rings. The highest BCUT2D eigenvalue weighted by Gasteiger charge is 2.17. The normalized spacial score (nSPS) is 10.9. The molecule has 7 heteroatoms. The minimum Gasteiger partial charge on any atom is -0.352 e. The summed E-state index contributed by atoms with van der Waals surface area (Å²) in [5.74, 6) is -0.339. The average molecular weight is 433 g/mol. The Bertz CT molecular complexity index is 1230. The Labute approximate surface area is 184 Å². The first-order chi connectivity index (χ1) is 15.0. The van der Waals surface area contributed by atoms with Crippen LogP contribution in [0.5, 0.6) is 0 Å². The molecular formula is C24H24N4O2S. The number of amides is 2. The SMILES string of the molecule is CCCNC(=O)c1cccc(NC(=O)c2cc3c(C)nn(Cc4ccccc4)c3s2)c1. The van der Waals surface area contributed by atoms with E-state index >= 15 is 0 Å². The fraction of sp³-hybridized carbons (Fsp3) is 0.208. The number of carbonyl (C=O) groups excluding carboxylic acids is 2. The third-order valence-corrected chi connectivity index (χ3v) is 6.07. The number of hydrogen-bond acceptors (Lipinski definition) is 4. The van der Waals surface area contributed by atoms with Crippen LogP contribution in [0.1, 0.15) is 44.6 Å². The molecule has 0 aliphatic heterocycles. The lowest BCUT2D eigenvalue weighted by Gasteiger charge is -2.07. The van der Waals surface area contributed by atoms with Crippen molar-refractivity contribution in [3.63, 3.8) is 0 Å². The second-order valence-corrected chi connectivity index (χ2v) is 8.38. The number of rotatable bonds is 7. The van der Waals surface area contributed by atoms with Crippen LogP contribution in [0.25, 0.3) is 10.2 Å². The number of benzene rings is 2. The first-order valence-electron chi connectivity index (χ1n) is 10.3. The van der Waals surface area contributed by atoms with Crippen molar-refractivity contribution in [2.24, 2.45) is 0 Å². The highest BCUT2D eigenvalue weighted by molar-refractivity contribution is 7.20. The average Bonchev–Trinajstić information content (AvgIpc) is 3.34.